The second-order valence-corrected chi connectivity index (χ2v) is 8.57. The highest BCUT2D eigenvalue weighted by Gasteiger charge is 2.21. The van der Waals surface area contributed by atoms with Crippen molar-refractivity contribution in [3.05, 3.63) is 83.6 Å². The fourth-order valence-electron chi connectivity index (χ4n) is 3.88. The molecule has 9 heteroatoms. The number of likely N-dealkylation sites (N-methyl/N-ethyl adjacent to an activating group) is 2. The van der Waals surface area contributed by atoms with E-state index in [1.807, 2.05) is 73.5 Å². The molecule has 0 saturated carbocycles. The van der Waals surface area contributed by atoms with Crippen LogP contribution in [0, 0.1) is 0 Å². The molecule has 0 radical (unpaired) electrons. The largest absolute Gasteiger partial charge is 0.494 e. The average molecular weight is 500 g/mol. The number of rotatable bonds is 8. The van der Waals surface area contributed by atoms with Gasteiger partial charge in [-0.15, -0.1) is 0 Å². The molecular formula is C28H29N5O4. The van der Waals surface area contributed by atoms with Gasteiger partial charge in [-0.05, 0) is 37.3 Å². The van der Waals surface area contributed by atoms with Gasteiger partial charge in [0, 0.05) is 38.1 Å². The molecule has 2 aromatic carbocycles. The maximum absolute atomic E-state index is 12.3. The van der Waals surface area contributed by atoms with Gasteiger partial charge in [0.15, 0.2) is 0 Å². The zero-order valence-corrected chi connectivity index (χ0v) is 21.2. The number of ether oxygens (including phenoxy) is 1. The van der Waals surface area contributed by atoms with Crippen molar-refractivity contribution in [2.45, 2.75) is 6.92 Å². The Morgan fingerprint density at radius 2 is 1.76 bits per heavy atom. The van der Waals surface area contributed by atoms with Crippen molar-refractivity contribution in [3.63, 3.8) is 0 Å². The van der Waals surface area contributed by atoms with E-state index in [0.29, 0.717) is 34.5 Å². The topological polar surface area (TPSA) is 111 Å². The first-order chi connectivity index (χ1) is 17.8. The van der Waals surface area contributed by atoms with Crippen LogP contribution in [-0.2, 0) is 9.53 Å². The van der Waals surface area contributed by atoms with E-state index in [1.165, 1.54) is 13.3 Å². The highest BCUT2D eigenvalue weighted by molar-refractivity contribution is 6.21. The van der Waals surface area contributed by atoms with Crippen molar-refractivity contribution in [2.75, 3.05) is 39.2 Å². The number of aromatic hydroxyl groups is 1. The van der Waals surface area contributed by atoms with Gasteiger partial charge in [-0.2, -0.15) is 0 Å². The van der Waals surface area contributed by atoms with E-state index in [0.717, 1.165) is 11.3 Å². The van der Waals surface area contributed by atoms with Crippen LogP contribution < -0.4 is 4.90 Å². The Labute approximate surface area is 215 Å². The number of aliphatic imine (C=N–C) groups is 1. The van der Waals surface area contributed by atoms with Gasteiger partial charge in [-0.1, -0.05) is 30.3 Å². The summed E-state index contributed by atoms with van der Waals surface area (Å²) in [5, 5.41) is 10.9. The number of anilines is 1. The summed E-state index contributed by atoms with van der Waals surface area (Å²) in [7, 11) is 4.95. The van der Waals surface area contributed by atoms with Crippen LogP contribution in [-0.4, -0.2) is 71.9 Å². The first-order valence-corrected chi connectivity index (χ1v) is 11.8. The normalized spacial score (nSPS) is 11.4. The molecule has 0 spiro atoms. The third-order valence-corrected chi connectivity index (χ3v) is 6.12. The van der Waals surface area contributed by atoms with Gasteiger partial charge in [-0.25, -0.2) is 9.79 Å². The van der Waals surface area contributed by atoms with Crippen molar-refractivity contribution in [1.82, 2.24) is 14.9 Å². The molecule has 0 fully saturated rings. The Morgan fingerprint density at radius 3 is 2.41 bits per heavy atom. The average Bonchev–Trinajstić information content (AvgIpc) is 3.25. The van der Waals surface area contributed by atoms with Crippen LogP contribution in [0.25, 0.3) is 11.0 Å². The molecule has 37 heavy (non-hydrogen) atoms. The molecule has 0 aliphatic rings. The Kier molecular flexibility index (Phi) is 7.52. The molecular weight excluding hydrogens is 470 g/mol. The highest BCUT2D eigenvalue weighted by Crippen LogP contribution is 2.31. The molecule has 2 heterocycles. The number of nitrogens with one attached hydrogen (secondary N) is 1. The van der Waals surface area contributed by atoms with Crippen LogP contribution >= 0.6 is 0 Å². The number of pyridine rings is 1. The summed E-state index contributed by atoms with van der Waals surface area (Å²) >= 11 is 0. The molecule has 0 atom stereocenters. The number of nitrogens with zero attached hydrogens (tertiary/aromatic N) is 4. The van der Waals surface area contributed by atoms with E-state index in [2.05, 4.69) is 9.97 Å². The number of fused-ring (bicyclic) bond motifs is 1. The second kappa shape index (κ2) is 10.9. The zero-order chi connectivity index (χ0) is 26.5. The number of amides is 1. The molecule has 4 rings (SSSR count). The summed E-state index contributed by atoms with van der Waals surface area (Å²) in [5.41, 5.74) is 4.49. The summed E-state index contributed by atoms with van der Waals surface area (Å²) in [5.74, 6) is -0.590. The highest BCUT2D eigenvalue weighted by atomic mass is 16.5. The molecule has 190 valence electrons. The number of methoxy groups -OCH3 is 1. The monoisotopic (exact) mass is 499 g/mol. The van der Waals surface area contributed by atoms with Crippen LogP contribution in [0.4, 0.5) is 11.4 Å². The quantitative estimate of drug-likeness (QED) is 0.278. The van der Waals surface area contributed by atoms with E-state index in [9.17, 15) is 14.7 Å². The van der Waals surface area contributed by atoms with Gasteiger partial charge in [0.1, 0.15) is 5.52 Å². The summed E-state index contributed by atoms with van der Waals surface area (Å²) < 4.78 is 4.78. The van der Waals surface area contributed by atoms with Gasteiger partial charge >= 0.3 is 5.97 Å². The standard InChI is InChI=1S/C28H29N5O4/c1-5-32(2)23(34)17-33(3)21-13-11-20(12-14-21)30-25(18-9-7-6-8-10-18)24-26-22(31-27(24)35)15-19(16-29-26)28(36)37-4/h6-16,31,35H,5,17H2,1-4H3. The number of hydrogen-bond donors (Lipinski definition) is 2. The summed E-state index contributed by atoms with van der Waals surface area (Å²) in [6.45, 7) is 2.86. The molecule has 4 aromatic rings. The Bertz CT molecular complexity index is 1440. The minimum absolute atomic E-state index is 0.0381. The lowest BCUT2D eigenvalue weighted by atomic mass is 10.0. The first-order valence-electron chi connectivity index (χ1n) is 11.8. The van der Waals surface area contributed by atoms with E-state index < -0.39 is 5.97 Å². The number of aromatic nitrogens is 2. The third-order valence-electron chi connectivity index (χ3n) is 6.12. The van der Waals surface area contributed by atoms with Gasteiger partial charge in [0.05, 0.1) is 41.7 Å². The molecule has 1 amide bonds. The molecule has 0 aliphatic carbocycles. The maximum atomic E-state index is 12.3. The smallest absolute Gasteiger partial charge is 0.339 e. The van der Waals surface area contributed by atoms with Crippen LogP contribution in [0.1, 0.15) is 28.4 Å². The lowest BCUT2D eigenvalue weighted by molar-refractivity contribution is -0.128. The summed E-state index contributed by atoms with van der Waals surface area (Å²) in [4.78, 5) is 40.0. The van der Waals surface area contributed by atoms with Crippen molar-refractivity contribution in [3.8, 4) is 5.88 Å². The van der Waals surface area contributed by atoms with Gasteiger partial charge in [-0.3, -0.25) is 9.78 Å². The number of aromatic amines is 1. The Balaban J connectivity index is 1.73. The van der Waals surface area contributed by atoms with E-state index in [4.69, 9.17) is 9.73 Å². The number of carbonyl (C=O) groups is 2. The summed E-state index contributed by atoms with van der Waals surface area (Å²) in [6.07, 6.45) is 1.41. The molecule has 2 N–H and O–H groups in total. The van der Waals surface area contributed by atoms with Crippen molar-refractivity contribution >= 4 is 40.0 Å². The second-order valence-electron chi connectivity index (χ2n) is 8.57. The van der Waals surface area contributed by atoms with Crippen LogP contribution in [0.2, 0.25) is 0 Å². The number of carbonyl (C=O) groups excluding carboxylic acids is 2. The Morgan fingerprint density at radius 1 is 1.05 bits per heavy atom. The zero-order valence-electron chi connectivity index (χ0n) is 21.2. The molecule has 0 bridgehead atoms. The predicted octanol–water partition coefficient (Wildman–Crippen LogP) is 4.14. The number of benzene rings is 2. The predicted molar refractivity (Wildman–Crippen MR) is 144 cm³/mol. The molecule has 2 aromatic heterocycles. The first kappa shape index (κ1) is 25.4. The lowest BCUT2D eigenvalue weighted by Gasteiger charge is -2.22. The fraction of sp³-hybridized carbons (Fsp3) is 0.214. The van der Waals surface area contributed by atoms with Gasteiger partial charge in [0.25, 0.3) is 0 Å². The Hall–Kier alpha value is -4.66. The van der Waals surface area contributed by atoms with Crippen molar-refractivity contribution in [2.24, 2.45) is 4.99 Å². The molecule has 0 unspecified atom stereocenters. The van der Waals surface area contributed by atoms with E-state index in [1.54, 1.807) is 18.0 Å². The van der Waals surface area contributed by atoms with E-state index in [-0.39, 0.29) is 23.9 Å². The minimum Gasteiger partial charge on any atom is -0.494 e. The third kappa shape index (κ3) is 5.45. The SMILES string of the molecule is CCN(C)C(=O)CN(C)c1ccc(N=C(c2ccccc2)c2c(O)[nH]c3cc(C(=O)OC)cnc23)cc1. The van der Waals surface area contributed by atoms with E-state index >= 15 is 0 Å². The van der Waals surface area contributed by atoms with Crippen molar-refractivity contribution < 1.29 is 19.4 Å². The van der Waals surface area contributed by atoms with Gasteiger partial charge in [0.2, 0.25) is 11.8 Å². The maximum Gasteiger partial charge on any atom is 0.339 e. The number of hydrogen-bond acceptors (Lipinski definition) is 7. The van der Waals surface area contributed by atoms with Crippen LogP contribution in [0.15, 0.2) is 71.9 Å². The molecule has 0 saturated heterocycles. The minimum atomic E-state index is -0.518. The van der Waals surface area contributed by atoms with Crippen molar-refractivity contribution in [1.29, 1.82) is 0 Å². The molecule has 0 aliphatic heterocycles. The van der Waals surface area contributed by atoms with Crippen LogP contribution in [0.3, 0.4) is 0 Å². The number of esters is 1. The lowest BCUT2D eigenvalue weighted by Crippen LogP contribution is -2.36. The number of H-pyrrole nitrogens is 1. The molecule has 9 nitrogen and oxygen atoms in total. The summed E-state index contributed by atoms with van der Waals surface area (Å²) in [6, 6.07) is 18.6. The van der Waals surface area contributed by atoms with Crippen LogP contribution in [0.5, 0.6) is 5.88 Å². The fourth-order valence-corrected chi connectivity index (χ4v) is 3.88. The van der Waals surface area contributed by atoms with Gasteiger partial charge < -0.3 is 24.6 Å².